The summed E-state index contributed by atoms with van der Waals surface area (Å²) < 4.78 is 26.9. The Hall–Kier alpha value is -0.170. The van der Waals surface area contributed by atoms with Crippen molar-refractivity contribution in [1.82, 2.24) is 9.29 Å². The number of hydrogen-bond donors (Lipinski definition) is 0. The molecule has 0 atom stereocenters. The predicted octanol–water partition coefficient (Wildman–Crippen LogP) is 2.75. The van der Waals surface area contributed by atoms with Gasteiger partial charge in [-0.25, -0.2) is 13.4 Å². The van der Waals surface area contributed by atoms with Crippen molar-refractivity contribution in [3.05, 3.63) is 10.7 Å². The summed E-state index contributed by atoms with van der Waals surface area (Å²) in [5, 5.41) is 0. The summed E-state index contributed by atoms with van der Waals surface area (Å²) in [6.45, 7) is 2.65. The van der Waals surface area contributed by atoms with Crippen LogP contribution in [0.15, 0.2) is 10.4 Å². The molecule has 4 nitrogen and oxygen atoms in total. The minimum Gasteiger partial charge on any atom is -0.232 e. The zero-order valence-corrected chi connectivity index (χ0v) is 12.0. The molecule has 1 aliphatic rings. The molecule has 1 aliphatic carbocycles. The molecule has 1 fully saturated rings. The van der Waals surface area contributed by atoms with Gasteiger partial charge in [-0.1, -0.05) is 36.3 Å². The van der Waals surface area contributed by atoms with E-state index in [2.05, 4.69) is 11.9 Å². The lowest BCUT2D eigenvalue weighted by atomic mass is 10.3. The summed E-state index contributed by atoms with van der Waals surface area (Å²) in [5.74, 6) is 0. The van der Waals surface area contributed by atoms with Gasteiger partial charge in [-0.3, -0.25) is 0 Å². The third kappa shape index (κ3) is 2.99. The second-order valence-corrected chi connectivity index (χ2v) is 7.86. The molecule has 1 saturated carbocycles. The molecule has 0 amide bonds. The van der Waals surface area contributed by atoms with Gasteiger partial charge in [-0.2, -0.15) is 4.31 Å². The molecule has 1 aromatic heterocycles. The van der Waals surface area contributed by atoms with Crippen LogP contribution in [-0.2, 0) is 10.0 Å². The monoisotopic (exact) mass is 294 g/mol. The highest BCUT2D eigenvalue weighted by molar-refractivity contribution is 7.91. The van der Waals surface area contributed by atoms with Gasteiger partial charge in [0.25, 0.3) is 10.0 Å². The molecule has 1 heterocycles. The molecule has 0 saturated heterocycles. The molecule has 0 bridgehead atoms. The van der Waals surface area contributed by atoms with Crippen LogP contribution in [0.3, 0.4) is 0 Å². The van der Waals surface area contributed by atoms with Crippen molar-refractivity contribution in [3.8, 4) is 0 Å². The van der Waals surface area contributed by atoms with Crippen LogP contribution < -0.4 is 0 Å². The fourth-order valence-electron chi connectivity index (χ4n) is 1.65. The quantitative estimate of drug-likeness (QED) is 0.810. The van der Waals surface area contributed by atoms with Crippen LogP contribution in [0.2, 0.25) is 4.47 Å². The first-order valence-electron chi connectivity index (χ1n) is 5.69. The molecule has 7 heteroatoms. The van der Waals surface area contributed by atoms with Gasteiger partial charge in [-0.15, -0.1) is 0 Å². The molecular weight excluding hydrogens is 280 g/mol. The highest BCUT2D eigenvalue weighted by Gasteiger charge is 2.38. The van der Waals surface area contributed by atoms with Crippen LogP contribution in [0.5, 0.6) is 0 Å². The Morgan fingerprint density at radius 3 is 2.76 bits per heavy atom. The maximum atomic E-state index is 12.4. The van der Waals surface area contributed by atoms with E-state index in [9.17, 15) is 8.42 Å². The maximum Gasteiger partial charge on any atom is 0.254 e. The van der Waals surface area contributed by atoms with E-state index in [0.717, 1.165) is 37.0 Å². The minimum absolute atomic E-state index is 0.187. The van der Waals surface area contributed by atoms with Crippen LogP contribution in [-0.4, -0.2) is 30.3 Å². The molecule has 1 aromatic rings. The Bertz CT molecular complexity index is 482. The zero-order chi connectivity index (χ0) is 12.5. The molecule has 0 N–H and O–H groups in total. The van der Waals surface area contributed by atoms with Crippen molar-refractivity contribution in [1.29, 1.82) is 0 Å². The molecule has 17 heavy (non-hydrogen) atoms. The number of hydrogen-bond acceptors (Lipinski definition) is 4. The first-order chi connectivity index (χ1) is 8.05. The number of unbranched alkanes of at least 4 members (excludes halogenated alkanes) is 1. The Kier molecular flexibility index (Phi) is 4.07. The largest absolute Gasteiger partial charge is 0.254 e. The van der Waals surface area contributed by atoms with Gasteiger partial charge in [0.15, 0.2) is 8.68 Å². The summed E-state index contributed by atoms with van der Waals surface area (Å²) in [4.78, 5) is 3.80. The standard InChI is InChI=1S/C10H15ClN2O2S2/c1-2-3-6-13(8-4-5-8)17(14,15)9-7-12-10(11)16-9/h7-8H,2-6H2,1H3. The Labute approximate surface area is 111 Å². The van der Waals surface area contributed by atoms with Crippen LogP contribution in [0.1, 0.15) is 32.6 Å². The van der Waals surface area contributed by atoms with E-state index in [0.29, 0.717) is 6.54 Å². The molecule has 0 aliphatic heterocycles. The number of nitrogens with zero attached hydrogens (tertiary/aromatic N) is 2. The van der Waals surface area contributed by atoms with E-state index in [-0.39, 0.29) is 14.7 Å². The molecule has 2 rings (SSSR count). The van der Waals surface area contributed by atoms with E-state index in [1.54, 1.807) is 4.31 Å². The summed E-state index contributed by atoms with van der Waals surface area (Å²) in [7, 11) is -3.38. The molecule has 0 spiro atoms. The van der Waals surface area contributed by atoms with Gasteiger partial charge in [0.2, 0.25) is 0 Å². The minimum atomic E-state index is -3.38. The van der Waals surface area contributed by atoms with Gasteiger partial charge >= 0.3 is 0 Å². The first kappa shape index (κ1) is 13.3. The molecular formula is C10H15ClN2O2S2. The number of thiazole rings is 1. The van der Waals surface area contributed by atoms with E-state index >= 15 is 0 Å². The number of aromatic nitrogens is 1. The van der Waals surface area contributed by atoms with E-state index < -0.39 is 10.0 Å². The Morgan fingerprint density at radius 1 is 1.59 bits per heavy atom. The first-order valence-corrected chi connectivity index (χ1v) is 8.32. The smallest absolute Gasteiger partial charge is 0.232 e. The third-order valence-electron chi connectivity index (χ3n) is 2.71. The fourth-order valence-corrected chi connectivity index (χ4v) is 4.80. The van der Waals surface area contributed by atoms with Gasteiger partial charge in [0.1, 0.15) is 0 Å². The lowest BCUT2D eigenvalue weighted by Gasteiger charge is -2.20. The fraction of sp³-hybridized carbons (Fsp3) is 0.700. The zero-order valence-electron chi connectivity index (χ0n) is 9.60. The van der Waals surface area contributed by atoms with Crippen molar-refractivity contribution in [3.63, 3.8) is 0 Å². The van der Waals surface area contributed by atoms with Crippen LogP contribution in [0, 0.1) is 0 Å². The summed E-state index contributed by atoms with van der Waals surface area (Å²) in [6.07, 6.45) is 5.17. The lowest BCUT2D eigenvalue weighted by molar-refractivity contribution is 0.397. The highest BCUT2D eigenvalue weighted by atomic mass is 35.5. The molecule has 96 valence electrons. The van der Waals surface area contributed by atoms with Gasteiger partial charge in [0.05, 0.1) is 6.20 Å². The van der Waals surface area contributed by atoms with Crippen molar-refractivity contribution in [2.24, 2.45) is 0 Å². The average molecular weight is 295 g/mol. The van der Waals surface area contributed by atoms with Gasteiger partial charge < -0.3 is 0 Å². The van der Waals surface area contributed by atoms with E-state index in [1.165, 1.54) is 6.20 Å². The van der Waals surface area contributed by atoms with E-state index in [4.69, 9.17) is 11.6 Å². The SMILES string of the molecule is CCCCN(C1CC1)S(=O)(=O)c1cnc(Cl)s1. The highest BCUT2D eigenvalue weighted by Crippen LogP contribution is 2.34. The summed E-state index contributed by atoms with van der Waals surface area (Å²) in [6, 6.07) is 0.187. The van der Waals surface area contributed by atoms with Gasteiger partial charge in [-0.05, 0) is 19.3 Å². The van der Waals surface area contributed by atoms with Crippen molar-refractivity contribution < 1.29 is 8.42 Å². The van der Waals surface area contributed by atoms with Crippen LogP contribution in [0.25, 0.3) is 0 Å². The van der Waals surface area contributed by atoms with Crippen LogP contribution >= 0.6 is 22.9 Å². The van der Waals surface area contributed by atoms with Crippen molar-refractivity contribution in [2.75, 3.05) is 6.54 Å². The van der Waals surface area contributed by atoms with Gasteiger partial charge in [0, 0.05) is 12.6 Å². The molecule has 0 aromatic carbocycles. The van der Waals surface area contributed by atoms with Crippen molar-refractivity contribution >= 4 is 33.0 Å². The summed E-state index contributed by atoms with van der Waals surface area (Å²) in [5.41, 5.74) is 0. The second kappa shape index (κ2) is 5.22. The van der Waals surface area contributed by atoms with Crippen molar-refractivity contribution in [2.45, 2.75) is 42.9 Å². The summed E-state index contributed by atoms with van der Waals surface area (Å²) >= 11 is 6.72. The third-order valence-corrected chi connectivity index (χ3v) is 6.21. The Balaban J connectivity index is 2.21. The Morgan fingerprint density at radius 2 is 2.29 bits per heavy atom. The van der Waals surface area contributed by atoms with Crippen LogP contribution in [0.4, 0.5) is 0 Å². The second-order valence-electron chi connectivity index (χ2n) is 4.13. The van der Waals surface area contributed by atoms with E-state index in [1.807, 2.05) is 0 Å². The number of rotatable bonds is 6. The molecule has 0 radical (unpaired) electrons. The maximum absolute atomic E-state index is 12.4. The topological polar surface area (TPSA) is 50.3 Å². The lowest BCUT2D eigenvalue weighted by Crippen LogP contribution is -2.33. The predicted molar refractivity (Wildman–Crippen MR) is 68.9 cm³/mol. The number of halogens is 1. The normalized spacial score (nSPS) is 16.6. The average Bonchev–Trinajstić information content (AvgIpc) is 3.00. The molecule has 0 unspecified atom stereocenters. The number of sulfonamides is 1.